The number of aromatic amines is 1. The van der Waals surface area contributed by atoms with Gasteiger partial charge in [-0.3, -0.25) is 4.72 Å². The quantitative estimate of drug-likeness (QED) is 0.718. The maximum absolute atomic E-state index is 11.9. The fraction of sp³-hybridized carbons (Fsp3) is 0.111. The highest BCUT2D eigenvalue weighted by atomic mass is 32.2. The van der Waals surface area contributed by atoms with Gasteiger partial charge in [0, 0.05) is 12.4 Å². The molecule has 0 aliphatic rings. The Morgan fingerprint density at radius 1 is 1.32 bits per heavy atom. The van der Waals surface area contributed by atoms with Gasteiger partial charge >= 0.3 is 5.97 Å². The van der Waals surface area contributed by atoms with Crippen molar-refractivity contribution in [3.05, 3.63) is 30.1 Å². The average Bonchev–Trinajstić information content (AvgIpc) is 2.76. The summed E-state index contributed by atoms with van der Waals surface area (Å²) in [6.07, 6.45) is 3.46. The zero-order valence-electron chi connectivity index (χ0n) is 9.65. The van der Waals surface area contributed by atoms with E-state index in [9.17, 15) is 13.2 Å². The van der Waals surface area contributed by atoms with E-state index in [4.69, 9.17) is 5.11 Å². The third-order valence-electron chi connectivity index (χ3n) is 2.10. The molecule has 2 rings (SSSR count). The van der Waals surface area contributed by atoms with Crippen LogP contribution in [-0.4, -0.2) is 39.4 Å². The van der Waals surface area contributed by atoms with Gasteiger partial charge in [-0.25, -0.2) is 19.7 Å². The van der Waals surface area contributed by atoms with Gasteiger partial charge in [0.05, 0.1) is 6.20 Å². The van der Waals surface area contributed by atoms with Crippen LogP contribution in [0.1, 0.15) is 16.3 Å². The SMILES string of the molecule is Cc1ncc(S(=O)(=O)Nc2nccnc2C(=O)O)[nH]1. The van der Waals surface area contributed by atoms with E-state index in [1.54, 1.807) is 6.92 Å². The zero-order chi connectivity index (χ0) is 14.0. The first kappa shape index (κ1) is 13.0. The Kier molecular flexibility index (Phi) is 3.17. The minimum Gasteiger partial charge on any atom is -0.476 e. The summed E-state index contributed by atoms with van der Waals surface area (Å²) < 4.78 is 25.9. The average molecular weight is 283 g/mol. The lowest BCUT2D eigenvalue weighted by atomic mass is 10.4. The van der Waals surface area contributed by atoms with Crippen molar-refractivity contribution in [2.24, 2.45) is 0 Å². The van der Waals surface area contributed by atoms with E-state index >= 15 is 0 Å². The molecule has 0 saturated heterocycles. The number of aromatic nitrogens is 4. The standard InChI is InChI=1S/C9H9N5O4S/c1-5-12-4-6(13-5)19(17,18)14-8-7(9(15)16)10-2-3-11-8/h2-4H,1H3,(H,11,14)(H,12,13)(H,15,16). The maximum atomic E-state index is 11.9. The number of nitrogens with zero attached hydrogens (tertiary/aromatic N) is 3. The molecule has 2 aromatic rings. The Balaban J connectivity index is 2.39. The van der Waals surface area contributed by atoms with Crippen molar-refractivity contribution in [1.29, 1.82) is 0 Å². The summed E-state index contributed by atoms with van der Waals surface area (Å²) in [6, 6.07) is 0. The summed E-state index contributed by atoms with van der Waals surface area (Å²) in [6.45, 7) is 1.59. The minimum atomic E-state index is -3.98. The molecule has 0 spiro atoms. The number of sulfonamides is 1. The summed E-state index contributed by atoms with van der Waals surface area (Å²) in [5, 5.41) is 8.69. The smallest absolute Gasteiger partial charge is 0.358 e. The van der Waals surface area contributed by atoms with Gasteiger partial charge in [0.15, 0.2) is 16.5 Å². The molecule has 0 saturated carbocycles. The number of hydrogen-bond donors (Lipinski definition) is 3. The van der Waals surface area contributed by atoms with Gasteiger partial charge < -0.3 is 10.1 Å². The highest BCUT2D eigenvalue weighted by molar-refractivity contribution is 7.92. The predicted molar refractivity (Wildman–Crippen MR) is 63.1 cm³/mol. The van der Waals surface area contributed by atoms with E-state index in [0.717, 1.165) is 12.4 Å². The van der Waals surface area contributed by atoms with Crippen LogP contribution in [-0.2, 0) is 10.0 Å². The number of carboxylic acids is 1. The lowest BCUT2D eigenvalue weighted by Crippen LogP contribution is -2.18. The van der Waals surface area contributed by atoms with Gasteiger partial charge in [0.2, 0.25) is 0 Å². The molecule has 0 unspecified atom stereocenters. The largest absolute Gasteiger partial charge is 0.476 e. The number of carboxylic acid groups (broad SMARTS) is 1. The molecule has 19 heavy (non-hydrogen) atoms. The lowest BCUT2D eigenvalue weighted by Gasteiger charge is -2.06. The van der Waals surface area contributed by atoms with Crippen LogP contribution in [0.3, 0.4) is 0 Å². The minimum absolute atomic E-state index is 0.188. The second-order valence-corrected chi connectivity index (χ2v) is 5.15. The Bertz CT molecular complexity index is 724. The van der Waals surface area contributed by atoms with Crippen molar-refractivity contribution in [2.45, 2.75) is 11.9 Å². The number of aryl methyl sites for hydroxylation is 1. The fourth-order valence-corrected chi connectivity index (χ4v) is 2.27. The van der Waals surface area contributed by atoms with Crippen LogP contribution in [0.2, 0.25) is 0 Å². The van der Waals surface area contributed by atoms with Crippen LogP contribution in [0, 0.1) is 6.92 Å². The molecule has 0 aliphatic carbocycles. The number of nitrogens with one attached hydrogen (secondary N) is 2. The van der Waals surface area contributed by atoms with Crippen molar-refractivity contribution in [1.82, 2.24) is 19.9 Å². The summed E-state index contributed by atoms with van der Waals surface area (Å²) in [7, 11) is -3.98. The predicted octanol–water partition coefficient (Wildman–Crippen LogP) is 0.00712. The van der Waals surface area contributed by atoms with Crippen LogP contribution in [0.4, 0.5) is 5.82 Å². The number of carbonyl (C=O) groups is 1. The molecule has 10 heteroatoms. The highest BCUT2D eigenvalue weighted by Gasteiger charge is 2.21. The van der Waals surface area contributed by atoms with Crippen LogP contribution in [0.15, 0.2) is 23.6 Å². The monoisotopic (exact) mass is 283 g/mol. The Hall–Kier alpha value is -2.49. The first-order chi connectivity index (χ1) is 8.90. The second kappa shape index (κ2) is 4.65. The third-order valence-corrected chi connectivity index (χ3v) is 3.35. The van der Waals surface area contributed by atoms with Crippen LogP contribution in [0.25, 0.3) is 0 Å². The van der Waals surface area contributed by atoms with E-state index in [1.807, 2.05) is 4.72 Å². The topological polar surface area (TPSA) is 138 Å². The third kappa shape index (κ3) is 2.68. The normalized spacial score (nSPS) is 11.2. The lowest BCUT2D eigenvalue weighted by molar-refractivity contribution is 0.0691. The van der Waals surface area contributed by atoms with Crippen molar-refractivity contribution >= 4 is 21.8 Å². The molecule has 2 aromatic heterocycles. The zero-order valence-corrected chi connectivity index (χ0v) is 10.5. The Morgan fingerprint density at radius 2 is 2.00 bits per heavy atom. The van der Waals surface area contributed by atoms with Gasteiger partial charge in [-0.1, -0.05) is 0 Å². The van der Waals surface area contributed by atoms with E-state index in [1.165, 1.54) is 6.20 Å². The molecule has 0 radical (unpaired) electrons. The van der Waals surface area contributed by atoms with Crippen molar-refractivity contribution < 1.29 is 18.3 Å². The summed E-state index contributed by atoms with van der Waals surface area (Å²) in [5.74, 6) is -1.33. The number of hydrogen-bond acceptors (Lipinski definition) is 6. The van der Waals surface area contributed by atoms with Gasteiger partial charge in [0.25, 0.3) is 10.0 Å². The molecule has 100 valence electrons. The molecule has 0 bridgehead atoms. The van der Waals surface area contributed by atoms with E-state index in [-0.39, 0.29) is 10.8 Å². The van der Waals surface area contributed by atoms with E-state index in [0.29, 0.717) is 5.82 Å². The number of H-pyrrole nitrogens is 1. The first-order valence-corrected chi connectivity index (χ1v) is 6.47. The van der Waals surface area contributed by atoms with Crippen LogP contribution < -0.4 is 4.72 Å². The molecule has 3 N–H and O–H groups in total. The second-order valence-electron chi connectivity index (χ2n) is 3.50. The highest BCUT2D eigenvalue weighted by Crippen LogP contribution is 2.14. The molecule has 0 atom stereocenters. The maximum Gasteiger partial charge on any atom is 0.358 e. The summed E-state index contributed by atoms with van der Waals surface area (Å²) in [5.41, 5.74) is -0.484. The van der Waals surface area contributed by atoms with Gasteiger partial charge in [0.1, 0.15) is 5.82 Å². The number of imidazole rings is 1. The molecule has 0 aliphatic heterocycles. The van der Waals surface area contributed by atoms with Gasteiger partial charge in [-0.15, -0.1) is 0 Å². The molecule has 0 aromatic carbocycles. The first-order valence-electron chi connectivity index (χ1n) is 4.99. The summed E-state index contributed by atoms with van der Waals surface area (Å²) in [4.78, 5) is 24.4. The molecular formula is C9H9N5O4S. The van der Waals surface area contributed by atoms with E-state index in [2.05, 4.69) is 19.9 Å². The van der Waals surface area contributed by atoms with E-state index < -0.39 is 21.7 Å². The Labute approximate surface area is 107 Å². The van der Waals surface area contributed by atoms with Crippen molar-refractivity contribution in [3.8, 4) is 0 Å². The van der Waals surface area contributed by atoms with Crippen molar-refractivity contribution in [3.63, 3.8) is 0 Å². The van der Waals surface area contributed by atoms with Crippen molar-refractivity contribution in [2.75, 3.05) is 4.72 Å². The number of rotatable bonds is 4. The molecule has 0 fully saturated rings. The molecule has 0 amide bonds. The van der Waals surface area contributed by atoms with Gasteiger partial charge in [-0.05, 0) is 6.92 Å². The number of aromatic carboxylic acids is 1. The molecule has 9 nitrogen and oxygen atoms in total. The summed E-state index contributed by atoms with van der Waals surface area (Å²) >= 11 is 0. The molecular weight excluding hydrogens is 274 g/mol. The molecule has 2 heterocycles. The Morgan fingerprint density at radius 3 is 2.58 bits per heavy atom. The van der Waals surface area contributed by atoms with Gasteiger partial charge in [-0.2, -0.15) is 8.42 Å². The van der Waals surface area contributed by atoms with Crippen LogP contribution >= 0.6 is 0 Å². The van der Waals surface area contributed by atoms with Crippen LogP contribution in [0.5, 0.6) is 0 Å². The fourth-order valence-electron chi connectivity index (χ4n) is 1.29. The number of anilines is 1.